The standard InChI is InChI=1S/H3N3O3/c1-2-3(4)6-5/h5H,1H2/b3-2-. The fourth-order valence-electron chi connectivity index (χ4n) is 0.0211. The molecular formula is H3N3O3. The van der Waals surface area contributed by atoms with Crippen molar-refractivity contribution in [2.24, 2.45) is 11.1 Å². The van der Waals surface area contributed by atoms with Crippen LogP contribution in [0, 0.1) is 5.21 Å². The van der Waals surface area contributed by atoms with E-state index in [9.17, 15) is 5.21 Å². The van der Waals surface area contributed by atoms with Gasteiger partial charge in [0.05, 0.1) is 5.02 Å². The maximum absolute atomic E-state index is 9.33. The molecule has 0 heterocycles. The van der Waals surface area contributed by atoms with Gasteiger partial charge in [-0.25, -0.2) is 0 Å². The van der Waals surface area contributed by atoms with Gasteiger partial charge in [-0.15, -0.1) is 0 Å². The topological polar surface area (TPSA) is 93.9 Å². The van der Waals surface area contributed by atoms with Crippen LogP contribution in [-0.4, -0.2) is 10.3 Å². The van der Waals surface area contributed by atoms with Gasteiger partial charge in [0.25, 0.3) is 0 Å². The molecule has 0 aliphatic rings. The van der Waals surface area contributed by atoms with Crippen LogP contribution < -0.4 is 5.84 Å². The number of hydrogen-bond acceptors (Lipinski definition) is 4. The van der Waals surface area contributed by atoms with Crippen molar-refractivity contribution in [2.45, 2.75) is 0 Å². The number of nitrogens with zero attached hydrogens (tertiary/aromatic N) is 2. The quantitative estimate of drug-likeness (QED) is 0.192. The molecule has 0 aliphatic heterocycles. The molecule has 0 saturated heterocycles. The van der Waals surface area contributed by atoms with Crippen LogP contribution in [0.4, 0.5) is 0 Å². The van der Waals surface area contributed by atoms with Gasteiger partial charge in [0.15, 0.2) is 0 Å². The van der Waals surface area contributed by atoms with Gasteiger partial charge in [0.2, 0.25) is 0 Å². The third-order valence-electron chi connectivity index (χ3n) is 0.164. The van der Waals surface area contributed by atoms with Crippen LogP contribution in [-0.2, 0) is 4.99 Å². The molecule has 0 aromatic heterocycles. The van der Waals surface area contributed by atoms with Crippen molar-refractivity contribution in [2.75, 3.05) is 0 Å². The molecule has 0 bridgehead atoms. The molecule has 6 nitrogen and oxygen atoms in total. The Kier molecular flexibility index (Phi) is 1.83. The highest BCUT2D eigenvalue weighted by molar-refractivity contribution is 3.79. The van der Waals surface area contributed by atoms with Crippen LogP contribution in [0.5, 0.6) is 0 Å². The van der Waals surface area contributed by atoms with Gasteiger partial charge < -0.3 is 10.2 Å². The molecule has 6 heteroatoms. The predicted octanol–water partition coefficient (Wildman–Crippen LogP) is -0.773. The van der Waals surface area contributed by atoms with Gasteiger partial charge in [-0.2, -0.15) is 5.84 Å². The van der Waals surface area contributed by atoms with Gasteiger partial charge in [-0.05, 0) is 0 Å². The van der Waals surface area contributed by atoms with Crippen LogP contribution in [0.15, 0.2) is 5.22 Å². The second-order valence-electron chi connectivity index (χ2n) is 0.435. The Balaban J connectivity index is 3.22. The Hall–Kier alpha value is -1.04. The summed E-state index contributed by atoms with van der Waals surface area (Å²) < 4.78 is 0. The molecule has 0 amide bonds. The number of hydrogen-bond donors (Lipinski definition) is 2. The second kappa shape index (κ2) is 2.21. The highest BCUT2D eigenvalue weighted by Gasteiger charge is 1.71. The fraction of sp³-hybridized carbons (Fsp3) is 0. The van der Waals surface area contributed by atoms with Crippen molar-refractivity contribution in [3.8, 4) is 0 Å². The van der Waals surface area contributed by atoms with E-state index in [1.165, 1.54) is 0 Å². The normalized spacial score (nSPS) is 11.2. The average Bonchev–Trinajstić information content (AvgIpc) is 1.65. The first kappa shape index (κ1) is 4.96. The summed E-state index contributed by atoms with van der Waals surface area (Å²) in [6.45, 7) is 0. The van der Waals surface area contributed by atoms with E-state index in [-0.39, 0.29) is 0 Å². The summed E-state index contributed by atoms with van der Waals surface area (Å²) in [6, 6.07) is 0. The summed E-state index contributed by atoms with van der Waals surface area (Å²) in [4.78, 5) is 2.89. The monoisotopic (exact) mass is 93.0 g/mol. The molecular weight excluding hydrogens is 90.0 g/mol. The van der Waals surface area contributed by atoms with Crippen molar-refractivity contribution < 1.29 is 15.3 Å². The molecule has 0 radical (unpaired) electrons. The van der Waals surface area contributed by atoms with Gasteiger partial charge in [0, 0.05) is 0 Å². The molecule has 0 saturated carbocycles. The lowest BCUT2D eigenvalue weighted by molar-refractivity contribution is -0.873. The minimum Gasteiger partial charge on any atom is -0.337 e. The average molecular weight is 93.0 g/mol. The van der Waals surface area contributed by atoms with E-state index in [0.717, 1.165) is 0 Å². The van der Waals surface area contributed by atoms with E-state index in [1.807, 2.05) is 0 Å². The van der Waals surface area contributed by atoms with E-state index >= 15 is 0 Å². The summed E-state index contributed by atoms with van der Waals surface area (Å²) in [7, 11) is 0. The molecule has 0 atom stereocenters. The maximum atomic E-state index is 9.33. The molecule has 0 rings (SSSR count). The Morgan fingerprint density at radius 1 is 2.00 bits per heavy atom. The van der Waals surface area contributed by atoms with E-state index < -0.39 is 5.02 Å². The summed E-state index contributed by atoms with van der Waals surface area (Å²) in [5.41, 5.74) is 0. The van der Waals surface area contributed by atoms with Crippen LogP contribution in [0.1, 0.15) is 0 Å². The lowest BCUT2D eigenvalue weighted by Gasteiger charge is -1.91. The maximum Gasteiger partial charge on any atom is 0.126 e. The van der Waals surface area contributed by atoms with E-state index in [0.29, 0.717) is 0 Å². The van der Waals surface area contributed by atoms with Crippen LogP contribution in [0.2, 0.25) is 0 Å². The lowest BCUT2D eigenvalue weighted by Crippen LogP contribution is -2.00. The van der Waals surface area contributed by atoms with Crippen molar-refractivity contribution in [1.82, 2.24) is 0 Å². The first-order valence-corrected chi connectivity index (χ1v) is 1.01. The van der Waals surface area contributed by atoms with Gasteiger partial charge in [0.1, 0.15) is 5.22 Å². The first-order chi connectivity index (χ1) is 2.81. The zero-order valence-electron chi connectivity index (χ0n) is 2.74. The first-order valence-electron chi connectivity index (χ1n) is 1.01. The van der Waals surface area contributed by atoms with Crippen LogP contribution >= 0.6 is 0 Å². The molecule has 6 heavy (non-hydrogen) atoms. The summed E-state index contributed by atoms with van der Waals surface area (Å²) in [5.74, 6) is 4.24. The highest BCUT2D eigenvalue weighted by Crippen LogP contribution is 1.62. The van der Waals surface area contributed by atoms with Gasteiger partial charge in [-0.3, -0.25) is 5.26 Å². The third kappa shape index (κ3) is 1.30. The van der Waals surface area contributed by atoms with Gasteiger partial charge in [-0.1, -0.05) is 0 Å². The Labute approximate surface area is 32.9 Å². The smallest absolute Gasteiger partial charge is 0.126 e. The summed E-state index contributed by atoms with van der Waals surface area (Å²) >= 11 is 0. The lowest BCUT2D eigenvalue weighted by atomic mass is 12.6. The van der Waals surface area contributed by atoms with Crippen molar-refractivity contribution in [3.63, 3.8) is 0 Å². The third-order valence-corrected chi connectivity index (χ3v) is 0.164. The largest absolute Gasteiger partial charge is 0.337 e. The predicted molar refractivity (Wildman–Crippen MR) is 14.0 cm³/mol. The molecule has 0 aromatic carbocycles. The van der Waals surface area contributed by atoms with E-state index in [2.05, 4.69) is 16.1 Å². The van der Waals surface area contributed by atoms with Crippen molar-refractivity contribution in [3.05, 3.63) is 5.21 Å². The van der Waals surface area contributed by atoms with Crippen LogP contribution in [0.3, 0.4) is 0 Å². The molecule has 0 aliphatic carbocycles. The second-order valence-corrected chi connectivity index (χ2v) is 0.435. The zero-order chi connectivity index (χ0) is 4.99. The zero-order valence-corrected chi connectivity index (χ0v) is 2.74. The molecule has 0 fully saturated rings. The highest BCUT2D eigenvalue weighted by atomic mass is 17.2. The van der Waals surface area contributed by atoms with E-state index in [4.69, 9.17) is 5.26 Å². The van der Waals surface area contributed by atoms with Crippen molar-refractivity contribution in [1.29, 1.82) is 0 Å². The number of nitrogens with two attached hydrogens (primary N) is 1. The molecule has 0 unspecified atom stereocenters. The number of rotatable bonds is 1. The minimum absolute atomic E-state index is 0.542. The van der Waals surface area contributed by atoms with E-state index in [1.54, 1.807) is 0 Å². The van der Waals surface area contributed by atoms with Gasteiger partial charge >= 0.3 is 0 Å². The molecule has 0 spiro atoms. The Morgan fingerprint density at radius 2 is 2.50 bits per heavy atom. The molecule has 3 N–H and O–H groups in total. The van der Waals surface area contributed by atoms with Crippen molar-refractivity contribution >= 4 is 0 Å². The molecule has 36 valence electrons. The minimum atomic E-state index is -0.542. The fourth-order valence-corrected chi connectivity index (χ4v) is 0.0211. The Morgan fingerprint density at radius 3 is 2.50 bits per heavy atom. The Bertz CT molecular complexity index is 57.1. The summed E-state index contributed by atoms with van der Waals surface area (Å²) in [5, 5.41) is 18.4. The molecule has 0 aromatic rings. The summed E-state index contributed by atoms with van der Waals surface area (Å²) in [6.07, 6.45) is 0. The van der Waals surface area contributed by atoms with Crippen LogP contribution in [0.25, 0.3) is 0 Å². The SMILES string of the molecule is N/N=[N+](/[O-])OO.